The third-order valence-corrected chi connectivity index (χ3v) is 3.06. The first kappa shape index (κ1) is 12.9. The number of aliphatic hydroxyl groups excluding tert-OH is 1. The van der Waals surface area contributed by atoms with Crippen molar-refractivity contribution in [3.63, 3.8) is 0 Å². The summed E-state index contributed by atoms with van der Waals surface area (Å²) in [6.45, 7) is 6.23. The highest BCUT2D eigenvalue weighted by atomic mass is 32.2. The second-order valence-electron chi connectivity index (χ2n) is 3.55. The fourth-order valence-corrected chi connectivity index (χ4v) is 1.93. The van der Waals surface area contributed by atoms with Crippen molar-refractivity contribution in [1.82, 2.24) is 0 Å². The molecule has 0 saturated carbocycles. The zero-order chi connectivity index (χ0) is 10.1. The lowest BCUT2D eigenvalue weighted by Crippen LogP contribution is -2.10. The van der Waals surface area contributed by atoms with Gasteiger partial charge in [0.05, 0.1) is 6.10 Å². The highest BCUT2D eigenvalue weighted by Gasteiger charge is 2.03. The lowest BCUT2D eigenvalue weighted by Gasteiger charge is -2.09. The van der Waals surface area contributed by atoms with Gasteiger partial charge in [0.1, 0.15) is 0 Å². The van der Waals surface area contributed by atoms with Gasteiger partial charge in [-0.15, -0.1) is 11.8 Å². The fourth-order valence-electron chi connectivity index (χ4n) is 0.887. The van der Waals surface area contributed by atoms with Crippen LogP contribution >= 0.6 is 11.8 Å². The van der Waals surface area contributed by atoms with Crippen molar-refractivity contribution in [2.45, 2.75) is 39.7 Å². The van der Waals surface area contributed by atoms with Crippen LogP contribution in [0.2, 0.25) is 0 Å². The Morgan fingerprint density at radius 3 is 2.54 bits per heavy atom. The van der Waals surface area contributed by atoms with Gasteiger partial charge in [0.25, 0.3) is 0 Å². The molecular weight excluding hydrogens is 180 g/mol. The summed E-state index contributed by atoms with van der Waals surface area (Å²) in [6, 6.07) is 0. The molecule has 1 nitrogen and oxygen atoms in total. The van der Waals surface area contributed by atoms with E-state index in [0.29, 0.717) is 5.92 Å². The van der Waals surface area contributed by atoms with Crippen LogP contribution in [0.25, 0.3) is 0 Å². The van der Waals surface area contributed by atoms with Crippen LogP contribution in [-0.2, 0) is 0 Å². The Morgan fingerprint density at radius 1 is 1.31 bits per heavy atom. The molecule has 2 heteroatoms. The van der Waals surface area contributed by atoms with E-state index in [9.17, 15) is 5.11 Å². The number of hydrogen-bond acceptors (Lipinski definition) is 2. The molecule has 0 fully saturated rings. The lowest BCUT2D eigenvalue weighted by molar-refractivity contribution is 0.191. The van der Waals surface area contributed by atoms with Crippen molar-refractivity contribution in [2.24, 2.45) is 5.92 Å². The number of hydrogen-bond donors (Lipinski definition) is 1. The second kappa shape index (κ2) is 8.47. The van der Waals surface area contributed by atoms with Gasteiger partial charge >= 0.3 is 0 Å². The van der Waals surface area contributed by atoms with E-state index in [0.717, 1.165) is 24.3 Å². The summed E-state index contributed by atoms with van der Waals surface area (Å²) in [6.07, 6.45) is 1.45. The van der Waals surface area contributed by atoms with Crippen molar-refractivity contribution in [2.75, 3.05) is 11.5 Å². The quantitative estimate of drug-likeness (QED) is 0.665. The maximum Gasteiger partial charge on any atom is 0.0639 e. The number of thioether (sulfide) groups is 1. The molecule has 0 aliphatic carbocycles. The molecule has 0 aromatic carbocycles. The molecule has 0 aliphatic heterocycles. The minimum absolute atomic E-state index is 0.176. The standard InChI is InChI=1S/C11H20OS/c1-4-5-6-7-11(12)9-13-8-10(2)3/h10-12H,6-9H2,1-3H3. The van der Waals surface area contributed by atoms with Crippen molar-refractivity contribution in [3.8, 4) is 11.8 Å². The minimum atomic E-state index is -0.176. The molecular formula is C11H20OS. The van der Waals surface area contributed by atoms with Crippen LogP contribution in [-0.4, -0.2) is 22.7 Å². The van der Waals surface area contributed by atoms with E-state index >= 15 is 0 Å². The van der Waals surface area contributed by atoms with Gasteiger partial charge in [0.2, 0.25) is 0 Å². The Kier molecular flexibility index (Phi) is 8.38. The van der Waals surface area contributed by atoms with E-state index in [4.69, 9.17) is 0 Å². The van der Waals surface area contributed by atoms with Crippen LogP contribution in [0.5, 0.6) is 0 Å². The molecule has 0 spiro atoms. The van der Waals surface area contributed by atoms with E-state index < -0.39 is 0 Å². The van der Waals surface area contributed by atoms with Crippen LogP contribution in [0.1, 0.15) is 33.6 Å². The smallest absolute Gasteiger partial charge is 0.0639 e. The maximum atomic E-state index is 9.50. The summed E-state index contributed by atoms with van der Waals surface area (Å²) >= 11 is 1.83. The largest absolute Gasteiger partial charge is 0.392 e. The van der Waals surface area contributed by atoms with Gasteiger partial charge in [-0.1, -0.05) is 13.8 Å². The first-order valence-corrected chi connectivity index (χ1v) is 5.97. The molecule has 1 atom stereocenters. The predicted octanol–water partition coefficient (Wildman–Crippen LogP) is 2.54. The van der Waals surface area contributed by atoms with Gasteiger partial charge in [0, 0.05) is 12.2 Å². The van der Waals surface area contributed by atoms with E-state index in [2.05, 4.69) is 25.7 Å². The normalized spacial score (nSPS) is 12.4. The summed E-state index contributed by atoms with van der Waals surface area (Å²) in [5.41, 5.74) is 0. The van der Waals surface area contributed by atoms with Crippen LogP contribution in [0.15, 0.2) is 0 Å². The zero-order valence-corrected chi connectivity index (χ0v) is 9.66. The average Bonchev–Trinajstić information content (AvgIpc) is 2.04. The van der Waals surface area contributed by atoms with Crippen molar-refractivity contribution >= 4 is 11.8 Å². The molecule has 13 heavy (non-hydrogen) atoms. The van der Waals surface area contributed by atoms with Crippen LogP contribution in [0.3, 0.4) is 0 Å². The Balaban J connectivity index is 3.28. The molecule has 0 heterocycles. The second-order valence-corrected chi connectivity index (χ2v) is 4.63. The van der Waals surface area contributed by atoms with Gasteiger partial charge in [-0.25, -0.2) is 0 Å². The Bertz CT molecular complexity index is 167. The number of rotatable bonds is 6. The summed E-state index contributed by atoms with van der Waals surface area (Å²) in [5.74, 6) is 8.49. The monoisotopic (exact) mass is 200 g/mol. The van der Waals surface area contributed by atoms with E-state index in [1.165, 1.54) is 0 Å². The van der Waals surface area contributed by atoms with E-state index in [1.54, 1.807) is 0 Å². The predicted molar refractivity (Wildman–Crippen MR) is 60.9 cm³/mol. The molecule has 0 aliphatic rings. The summed E-state index contributed by atoms with van der Waals surface area (Å²) in [4.78, 5) is 0. The highest BCUT2D eigenvalue weighted by Crippen LogP contribution is 2.11. The maximum absolute atomic E-state index is 9.50. The lowest BCUT2D eigenvalue weighted by atomic mass is 10.2. The van der Waals surface area contributed by atoms with E-state index in [-0.39, 0.29) is 6.10 Å². The van der Waals surface area contributed by atoms with Gasteiger partial charge in [0.15, 0.2) is 0 Å². The fraction of sp³-hybridized carbons (Fsp3) is 0.818. The third kappa shape index (κ3) is 9.79. The molecule has 0 radical (unpaired) electrons. The Morgan fingerprint density at radius 2 is 2.00 bits per heavy atom. The first-order valence-electron chi connectivity index (χ1n) is 4.82. The Hall–Kier alpha value is -0.130. The van der Waals surface area contributed by atoms with E-state index in [1.807, 2.05) is 18.7 Å². The van der Waals surface area contributed by atoms with Gasteiger partial charge in [-0.05, 0) is 25.0 Å². The number of aliphatic hydroxyl groups is 1. The molecule has 1 N–H and O–H groups in total. The molecule has 0 bridgehead atoms. The topological polar surface area (TPSA) is 20.2 Å². The average molecular weight is 200 g/mol. The van der Waals surface area contributed by atoms with Crippen molar-refractivity contribution in [1.29, 1.82) is 0 Å². The summed E-state index contributed by atoms with van der Waals surface area (Å²) < 4.78 is 0. The SMILES string of the molecule is CC#CCCC(O)CSCC(C)C. The summed E-state index contributed by atoms with van der Waals surface area (Å²) in [5, 5.41) is 9.50. The van der Waals surface area contributed by atoms with Crippen LogP contribution in [0.4, 0.5) is 0 Å². The molecule has 76 valence electrons. The Labute approximate surface area is 86.3 Å². The minimum Gasteiger partial charge on any atom is -0.392 e. The van der Waals surface area contributed by atoms with Gasteiger partial charge in [-0.3, -0.25) is 0 Å². The van der Waals surface area contributed by atoms with Crippen LogP contribution < -0.4 is 0 Å². The molecule has 0 aromatic rings. The third-order valence-electron chi connectivity index (χ3n) is 1.54. The molecule has 0 amide bonds. The van der Waals surface area contributed by atoms with Gasteiger partial charge < -0.3 is 5.11 Å². The van der Waals surface area contributed by atoms with Crippen molar-refractivity contribution < 1.29 is 5.11 Å². The molecule has 0 rings (SSSR count). The summed E-state index contributed by atoms with van der Waals surface area (Å²) in [7, 11) is 0. The molecule has 0 aromatic heterocycles. The highest BCUT2D eigenvalue weighted by molar-refractivity contribution is 7.99. The van der Waals surface area contributed by atoms with Gasteiger partial charge in [-0.2, -0.15) is 11.8 Å². The molecule has 0 saturated heterocycles. The molecule has 1 unspecified atom stereocenters. The first-order chi connectivity index (χ1) is 6.16. The van der Waals surface area contributed by atoms with Crippen molar-refractivity contribution in [3.05, 3.63) is 0 Å². The van der Waals surface area contributed by atoms with Crippen LogP contribution in [0, 0.1) is 17.8 Å². The zero-order valence-electron chi connectivity index (χ0n) is 8.84.